The molecule has 4 rings (SSSR count). The molecule has 0 spiro atoms. The lowest BCUT2D eigenvalue weighted by Gasteiger charge is -2.44. The second-order valence-corrected chi connectivity index (χ2v) is 8.27. The van der Waals surface area contributed by atoms with Gasteiger partial charge in [-0.3, -0.25) is 0 Å². The highest BCUT2D eigenvalue weighted by Crippen LogP contribution is 2.44. The maximum atomic E-state index is 13.2. The van der Waals surface area contributed by atoms with Crippen LogP contribution in [0.25, 0.3) is 0 Å². The fourth-order valence-electron chi connectivity index (χ4n) is 5.31. The van der Waals surface area contributed by atoms with Gasteiger partial charge in [0.2, 0.25) is 0 Å². The van der Waals surface area contributed by atoms with Gasteiger partial charge in [-0.25, -0.2) is 9.18 Å². The zero-order chi connectivity index (χ0) is 17.4. The Bertz CT molecular complexity index is 554. The van der Waals surface area contributed by atoms with Crippen molar-refractivity contribution in [1.29, 1.82) is 0 Å². The SMILES string of the molecule is O=C(N1CCC(CO)CC1)N1[C@@H]2CC[C@H]1C[C@@H](C1C=CC(F)=CC1)C2. The van der Waals surface area contributed by atoms with E-state index >= 15 is 0 Å². The van der Waals surface area contributed by atoms with Gasteiger partial charge in [-0.05, 0) is 74.9 Å². The minimum atomic E-state index is -0.113. The van der Waals surface area contributed by atoms with E-state index in [0.717, 1.165) is 58.0 Å². The first kappa shape index (κ1) is 17.1. The number of amides is 2. The van der Waals surface area contributed by atoms with Crippen LogP contribution >= 0.6 is 0 Å². The van der Waals surface area contributed by atoms with Crippen LogP contribution in [0, 0.1) is 17.8 Å². The van der Waals surface area contributed by atoms with E-state index in [9.17, 15) is 14.3 Å². The maximum absolute atomic E-state index is 13.2. The number of allylic oxidation sites excluding steroid dienone is 4. The molecule has 4 nitrogen and oxygen atoms in total. The predicted molar refractivity (Wildman–Crippen MR) is 94.6 cm³/mol. The molecule has 1 aliphatic carbocycles. The Balaban J connectivity index is 1.38. The molecule has 2 amide bonds. The summed E-state index contributed by atoms with van der Waals surface area (Å²) in [4.78, 5) is 17.2. The molecule has 3 fully saturated rings. The Morgan fingerprint density at radius 3 is 2.40 bits per heavy atom. The Morgan fingerprint density at radius 1 is 1.16 bits per heavy atom. The molecule has 4 aliphatic rings. The van der Waals surface area contributed by atoms with Gasteiger partial charge in [-0.2, -0.15) is 0 Å². The predicted octanol–water partition coefficient (Wildman–Crippen LogP) is 3.48. The average Bonchev–Trinajstić information content (AvgIpc) is 2.91. The standard InChI is InChI=1S/C20H29FN2O2/c21-17-3-1-15(2-4-17)16-11-18-5-6-19(12-16)23(18)20(25)22-9-7-14(13-24)8-10-22/h1,3-4,14-16,18-19,24H,2,5-13H2/t15?,16-,18+,19-. The molecule has 5 heteroatoms. The zero-order valence-electron chi connectivity index (χ0n) is 14.8. The molecule has 0 saturated carbocycles. The van der Waals surface area contributed by atoms with Crippen molar-refractivity contribution in [3.63, 3.8) is 0 Å². The summed E-state index contributed by atoms with van der Waals surface area (Å²) in [6.45, 7) is 1.79. The largest absolute Gasteiger partial charge is 0.396 e. The number of fused-ring (bicyclic) bond motifs is 2. The van der Waals surface area contributed by atoms with Gasteiger partial charge in [0.1, 0.15) is 5.83 Å². The lowest BCUT2D eigenvalue weighted by molar-refractivity contribution is 0.0691. The second kappa shape index (κ2) is 7.10. The van der Waals surface area contributed by atoms with E-state index in [1.165, 1.54) is 0 Å². The molecule has 1 unspecified atom stereocenters. The number of halogens is 1. The first-order chi connectivity index (χ1) is 12.2. The van der Waals surface area contributed by atoms with Crippen LogP contribution in [0.2, 0.25) is 0 Å². The normalized spacial score (nSPS) is 35.8. The van der Waals surface area contributed by atoms with Gasteiger partial charge in [-0.1, -0.05) is 6.08 Å². The molecular weight excluding hydrogens is 319 g/mol. The molecule has 4 atom stereocenters. The molecule has 1 N–H and O–H groups in total. The van der Waals surface area contributed by atoms with Gasteiger partial charge >= 0.3 is 6.03 Å². The zero-order valence-corrected chi connectivity index (χ0v) is 14.8. The first-order valence-corrected chi connectivity index (χ1v) is 9.87. The molecule has 138 valence electrons. The van der Waals surface area contributed by atoms with Gasteiger partial charge in [0, 0.05) is 31.8 Å². The van der Waals surface area contributed by atoms with Crippen molar-refractivity contribution in [3.05, 3.63) is 24.1 Å². The molecule has 0 radical (unpaired) electrons. The summed E-state index contributed by atoms with van der Waals surface area (Å²) < 4.78 is 13.2. The Labute approximate surface area is 149 Å². The van der Waals surface area contributed by atoms with Crippen molar-refractivity contribution in [1.82, 2.24) is 9.80 Å². The number of aliphatic hydroxyl groups is 1. The lowest BCUT2D eigenvalue weighted by Crippen LogP contribution is -2.54. The molecule has 3 saturated heterocycles. The van der Waals surface area contributed by atoms with Crippen LogP contribution in [-0.4, -0.2) is 52.7 Å². The van der Waals surface area contributed by atoms with E-state index in [4.69, 9.17) is 0 Å². The topological polar surface area (TPSA) is 43.8 Å². The van der Waals surface area contributed by atoms with Gasteiger partial charge in [0.15, 0.2) is 0 Å². The highest BCUT2D eigenvalue weighted by molar-refractivity contribution is 5.76. The summed E-state index contributed by atoms with van der Waals surface area (Å²) >= 11 is 0. The Hall–Kier alpha value is -1.36. The van der Waals surface area contributed by atoms with Crippen LogP contribution in [0.5, 0.6) is 0 Å². The summed E-state index contributed by atoms with van der Waals surface area (Å²) in [7, 11) is 0. The summed E-state index contributed by atoms with van der Waals surface area (Å²) in [5.74, 6) is 1.25. The van der Waals surface area contributed by atoms with Crippen molar-refractivity contribution in [2.75, 3.05) is 19.7 Å². The second-order valence-electron chi connectivity index (χ2n) is 8.27. The fourth-order valence-corrected chi connectivity index (χ4v) is 5.31. The Morgan fingerprint density at radius 2 is 1.84 bits per heavy atom. The van der Waals surface area contributed by atoms with Crippen LogP contribution in [-0.2, 0) is 0 Å². The van der Waals surface area contributed by atoms with Crippen molar-refractivity contribution >= 4 is 6.03 Å². The van der Waals surface area contributed by atoms with E-state index in [1.54, 1.807) is 12.2 Å². The molecule has 25 heavy (non-hydrogen) atoms. The molecule has 0 aromatic rings. The van der Waals surface area contributed by atoms with Gasteiger partial charge < -0.3 is 14.9 Å². The number of hydrogen-bond acceptors (Lipinski definition) is 2. The van der Waals surface area contributed by atoms with E-state index in [2.05, 4.69) is 4.90 Å². The highest BCUT2D eigenvalue weighted by Gasteiger charge is 2.46. The van der Waals surface area contributed by atoms with Crippen molar-refractivity contribution in [2.24, 2.45) is 17.8 Å². The third-order valence-corrected chi connectivity index (χ3v) is 6.83. The third-order valence-electron chi connectivity index (χ3n) is 6.83. The molecule has 2 bridgehead atoms. The quantitative estimate of drug-likeness (QED) is 0.830. The van der Waals surface area contributed by atoms with Crippen LogP contribution < -0.4 is 0 Å². The lowest BCUT2D eigenvalue weighted by atomic mass is 9.78. The smallest absolute Gasteiger partial charge is 0.320 e. The number of nitrogens with zero attached hydrogens (tertiary/aromatic N) is 2. The van der Waals surface area contributed by atoms with Gasteiger partial charge in [0.05, 0.1) is 0 Å². The number of hydrogen-bond donors (Lipinski definition) is 1. The van der Waals surface area contributed by atoms with Crippen molar-refractivity contribution < 1.29 is 14.3 Å². The Kier molecular flexibility index (Phi) is 4.85. The average molecular weight is 348 g/mol. The summed E-state index contributed by atoms with van der Waals surface area (Å²) in [5, 5.41) is 9.28. The number of carbonyl (C=O) groups is 1. The molecule has 3 aliphatic heterocycles. The van der Waals surface area contributed by atoms with Crippen LogP contribution in [0.1, 0.15) is 44.9 Å². The maximum Gasteiger partial charge on any atom is 0.320 e. The number of likely N-dealkylation sites (tertiary alicyclic amines) is 1. The van der Waals surface area contributed by atoms with Crippen LogP contribution in [0.4, 0.5) is 9.18 Å². The number of aliphatic hydroxyl groups excluding tert-OH is 1. The van der Waals surface area contributed by atoms with Crippen LogP contribution in [0.3, 0.4) is 0 Å². The number of piperidine rings is 2. The summed E-state index contributed by atoms with van der Waals surface area (Å²) in [5.41, 5.74) is 0. The van der Waals surface area contributed by atoms with E-state index < -0.39 is 0 Å². The monoisotopic (exact) mass is 348 g/mol. The summed E-state index contributed by atoms with van der Waals surface area (Å²) in [6, 6.07) is 0.930. The third kappa shape index (κ3) is 3.35. The number of rotatable bonds is 2. The molecule has 3 heterocycles. The highest BCUT2D eigenvalue weighted by atomic mass is 19.1. The molecule has 0 aromatic heterocycles. The van der Waals surface area contributed by atoms with E-state index in [1.807, 2.05) is 11.0 Å². The number of carbonyl (C=O) groups excluding carboxylic acids is 1. The van der Waals surface area contributed by atoms with Crippen molar-refractivity contribution in [2.45, 2.75) is 57.0 Å². The van der Waals surface area contributed by atoms with E-state index in [0.29, 0.717) is 29.8 Å². The van der Waals surface area contributed by atoms with E-state index in [-0.39, 0.29) is 18.5 Å². The van der Waals surface area contributed by atoms with Crippen molar-refractivity contribution in [3.8, 4) is 0 Å². The molecule has 0 aromatic carbocycles. The minimum absolute atomic E-state index is 0.113. The molecular formula is C20H29FN2O2. The number of urea groups is 1. The minimum Gasteiger partial charge on any atom is -0.396 e. The fraction of sp³-hybridized carbons (Fsp3) is 0.750. The van der Waals surface area contributed by atoms with Gasteiger partial charge in [0.25, 0.3) is 0 Å². The van der Waals surface area contributed by atoms with Crippen LogP contribution in [0.15, 0.2) is 24.1 Å². The summed E-state index contributed by atoms with van der Waals surface area (Å²) in [6.07, 6.45) is 12.3. The van der Waals surface area contributed by atoms with Gasteiger partial charge in [-0.15, -0.1) is 0 Å². The first-order valence-electron chi connectivity index (χ1n) is 9.87.